The summed E-state index contributed by atoms with van der Waals surface area (Å²) in [6.45, 7) is 2.37. The Morgan fingerprint density at radius 1 is 1.26 bits per heavy atom. The Morgan fingerprint density at radius 2 is 2.05 bits per heavy atom. The average molecular weight is 259 g/mol. The lowest BCUT2D eigenvalue weighted by molar-refractivity contribution is 0.103. The molecule has 0 amide bonds. The Hall–Kier alpha value is -2.36. The quantitative estimate of drug-likeness (QED) is 0.678. The van der Waals surface area contributed by atoms with Crippen LogP contribution in [-0.2, 0) is 0 Å². The number of ether oxygens (including phenoxy) is 1. The van der Waals surface area contributed by atoms with Gasteiger partial charge in [0.1, 0.15) is 11.6 Å². The summed E-state index contributed by atoms with van der Waals surface area (Å²) in [4.78, 5) is 12.3. The van der Waals surface area contributed by atoms with Crippen LogP contribution in [0.15, 0.2) is 42.5 Å². The number of benzene rings is 2. The average Bonchev–Trinajstić information content (AvgIpc) is 2.41. The Kier molecular flexibility index (Phi) is 3.80. The van der Waals surface area contributed by atoms with Gasteiger partial charge in [0.25, 0.3) is 0 Å². The van der Waals surface area contributed by atoms with E-state index in [2.05, 4.69) is 0 Å². The minimum absolute atomic E-state index is 0.161. The number of rotatable bonds is 4. The molecule has 98 valence electrons. The molecule has 0 heterocycles. The third-order valence-electron chi connectivity index (χ3n) is 2.67. The molecule has 3 nitrogen and oxygen atoms in total. The second-order valence-corrected chi connectivity index (χ2v) is 4.02. The molecule has 0 bridgehead atoms. The fourth-order valence-corrected chi connectivity index (χ4v) is 1.77. The van der Waals surface area contributed by atoms with Gasteiger partial charge in [0.15, 0.2) is 5.78 Å². The van der Waals surface area contributed by atoms with Crippen LogP contribution in [0.5, 0.6) is 5.75 Å². The molecular weight excluding hydrogens is 245 g/mol. The van der Waals surface area contributed by atoms with Gasteiger partial charge in [0.2, 0.25) is 0 Å². The molecule has 0 saturated carbocycles. The second-order valence-electron chi connectivity index (χ2n) is 4.02. The zero-order valence-corrected chi connectivity index (χ0v) is 10.5. The fourth-order valence-electron chi connectivity index (χ4n) is 1.77. The first-order valence-corrected chi connectivity index (χ1v) is 5.94. The Morgan fingerprint density at radius 3 is 2.79 bits per heavy atom. The van der Waals surface area contributed by atoms with Gasteiger partial charge in [-0.25, -0.2) is 4.39 Å². The predicted octanol–water partition coefficient (Wildman–Crippen LogP) is 3.04. The number of nitrogens with two attached hydrogens (primary N) is 1. The first-order chi connectivity index (χ1) is 9.11. The molecule has 2 aromatic carbocycles. The summed E-state index contributed by atoms with van der Waals surface area (Å²) in [5.41, 5.74) is 6.54. The Bertz CT molecular complexity index is 611. The Labute approximate surface area is 110 Å². The maximum Gasteiger partial charge on any atom is 0.195 e. The summed E-state index contributed by atoms with van der Waals surface area (Å²) in [5.74, 6) is -0.208. The number of anilines is 1. The number of carbonyl (C=O) groups excluding carboxylic acids is 1. The first-order valence-electron chi connectivity index (χ1n) is 5.94. The number of carbonyl (C=O) groups is 1. The standard InChI is InChI=1S/C15H14FNO2/c1-2-19-12-5-3-4-10(8-12)15(18)13-9-11(16)6-7-14(13)17/h3-9H,2,17H2,1H3. The lowest BCUT2D eigenvalue weighted by Gasteiger charge is -2.07. The van der Waals surface area contributed by atoms with Crippen molar-refractivity contribution in [3.63, 3.8) is 0 Å². The number of halogens is 1. The molecule has 0 aliphatic heterocycles. The molecular formula is C15H14FNO2. The van der Waals surface area contributed by atoms with Crippen LogP contribution in [0.1, 0.15) is 22.8 Å². The predicted molar refractivity (Wildman–Crippen MR) is 71.9 cm³/mol. The van der Waals surface area contributed by atoms with E-state index in [1.165, 1.54) is 12.1 Å². The van der Waals surface area contributed by atoms with Crippen molar-refractivity contribution in [2.75, 3.05) is 12.3 Å². The van der Waals surface area contributed by atoms with Crippen LogP contribution in [0, 0.1) is 5.82 Å². The van der Waals surface area contributed by atoms with Gasteiger partial charge >= 0.3 is 0 Å². The van der Waals surface area contributed by atoms with Crippen molar-refractivity contribution >= 4 is 11.5 Å². The minimum Gasteiger partial charge on any atom is -0.494 e. The van der Waals surface area contributed by atoms with Crippen LogP contribution in [0.3, 0.4) is 0 Å². The van der Waals surface area contributed by atoms with E-state index in [1.54, 1.807) is 24.3 Å². The molecule has 0 unspecified atom stereocenters. The van der Waals surface area contributed by atoms with E-state index in [-0.39, 0.29) is 17.0 Å². The fraction of sp³-hybridized carbons (Fsp3) is 0.133. The third kappa shape index (κ3) is 2.91. The molecule has 0 aliphatic rings. The molecule has 4 heteroatoms. The van der Waals surface area contributed by atoms with Gasteiger partial charge < -0.3 is 10.5 Å². The second kappa shape index (κ2) is 5.52. The van der Waals surface area contributed by atoms with Gasteiger partial charge in [0, 0.05) is 16.8 Å². The monoisotopic (exact) mass is 259 g/mol. The first kappa shape index (κ1) is 13.1. The molecule has 0 aromatic heterocycles. The van der Waals surface area contributed by atoms with Crippen LogP contribution in [0.2, 0.25) is 0 Å². The van der Waals surface area contributed by atoms with Crippen molar-refractivity contribution < 1.29 is 13.9 Å². The maximum atomic E-state index is 13.2. The van der Waals surface area contributed by atoms with Gasteiger partial charge in [0.05, 0.1) is 6.61 Å². The number of hydrogen-bond donors (Lipinski definition) is 1. The highest BCUT2D eigenvalue weighted by molar-refractivity contribution is 6.12. The van der Waals surface area contributed by atoms with E-state index in [1.807, 2.05) is 6.92 Å². The van der Waals surface area contributed by atoms with Gasteiger partial charge in [-0.05, 0) is 37.3 Å². The number of ketones is 1. The molecule has 2 rings (SSSR count). The zero-order valence-electron chi connectivity index (χ0n) is 10.5. The van der Waals surface area contributed by atoms with Crippen molar-refractivity contribution in [3.05, 3.63) is 59.4 Å². The summed E-state index contributed by atoms with van der Waals surface area (Å²) < 4.78 is 18.5. The molecule has 2 aromatic rings. The Balaban J connectivity index is 2.38. The van der Waals surface area contributed by atoms with Gasteiger partial charge in [-0.3, -0.25) is 4.79 Å². The van der Waals surface area contributed by atoms with Crippen molar-refractivity contribution in [1.82, 2.24) is 0 Å². The van der Waals surface area contributed by atoms with Crippen molar-refractivity contribution in [2.45, 2.75) is 6.92 Å². The van der Waals surface area contributed by atoms with Crippen molar-refractivity contribution in [3.8, 4) is 5.75 Å². The maximum absolute atomic E-state index is 13.2. The van der Waals surface area contributed by atoms with Gasteiger partial charge in [-0.15, -0.1) is 0 Å². The highest BCUT2D eigenvalue weighted by atomic mass is 19.1. The lowest BCUT2D eigenvalue weighted by atomic mass is 10.0. The highest BCUT2D eigenvalue weighted by Crippen LogP contribution is 2.20. The topological polar surface area (TPSA) is 52.3 Å². The van der Waals surface area contributed by atoms with E-state index in [0.717, 1.165) is 6.07 Å². The summed E-state index contributed by atoms with van der Waals surface area (Å²) in [6, 6.07) is 10.5. The van der Waals surface area contributed by atoms with E-state index in [0.29, 0.717) is 17.9 Å². The minimum atomic E-state index is -0.487. The number of hydrogen-bond acceptors (Lipinski definition) is 3. The lowest BCUT2D eigenvalue weighted by Crippen LogP contribution is -2.06. The summed E-state index contributed by atoms with van der Waals surface area (Å²) in [6.07, 6.45) is 0. The van der Waals surface area contributed by atoms with Crippen molar-refractivity contribution in [1.29, 1.82) is 0 Å². The van der Waals surface area contributed by atoms with Crippen LogP contribution in [-0.4, -0.2) is 12.4 Å². The molecule has 0 atom stereocenters. The van der Waals surface area contributed by atoms with Crippen LogP contribution < -0.4 is 10.5 Å². The molecule has 19 heavy (non-hydrogen) atoms. The molecule has 2 N–H and O–H groups in total. The van der Waals surface area contributed by atoms with Crippen molar-refractivity contribution in [2.24, 2.45) is 0 Å². The van der Waals surface area contributed by atoms with Crippen LogP contribution in [0.25, 0.3) is 0 Å². The van der Waals surface area contributed by atoms with E-state index < -0.39 is 5.82 Å². The molecule has 0 aliphatic carbocycles. The van der Waals surface area contributed by atoms with Gasteiger partial charge in [-0.1, -0.05) is 12.1 Å². The number of nitrogen functional groups attached to an aromatic ring is 1. The van der Waals surface area contributed by atoms with Gasteiger partial charge in [-0.2, -0.15) is 0 Å². The SMILES string of the molecule is CCOc1cccc(C(=O)c2cc(F)ccc2N)c1. The summed E-state index contributed by atoms with van der Waals surface area (Å²) >= 11 is 0. The van der Waals surface area contributed by atoms with E-state index >= 15 is 0 Å². The summed E-state index contributed by atoms with van der Waals surface area (Å²) in [7, 11) is 0. The zero-order chi connectivity index (χ0) is 13.8. The van der Waals surface area contributed by atoms with E-state index in [9.17, 15) is 9.18 Å². The smallest absolute Gasteiger partial charge is 0.195 e. The molecule has 0 radical (unpaired) electrons. The highest BCUT2D eigenvalue weighted by Gasteiger charge is 2.14. The molecule has 0 fully saturated rings. The third-order valence-corrected chi connectivity index (χ3v) is 2.67. The molecule has 0 saturated heterocycles. The van der Waals surface area contributed by atoms with E-state index in [4.69, 9.17) is 10.5 Å². The largest absolute Gasteiger partial charge is 0.494 e. The van der Waals surface area contributed by atoms with Crippen LogP contribution in [0.4, 0.5) is 10.1 Å². The summed E-state index contributed by atoms with van der Waals surface area (Å²) in [5, 5.41) is 0. The normalized spacial score (nSPS) is 10.2. The molecule has 0 spiro atoms. The van der Waals surface area contributed by atoms with Crippen LogP contribution >= 0.6 is 0 Å².